The maximum absolute atomic E-state index is 9.32. The Morgan fingerprint density at radius 3 is 3.06 bits per heavy atom. The van der Waals surface area contributed by atoms with Gasteiger partial charge in [0.05, 0.1) is 15.2 Å². The normalized spacial score (nSPS) is 11.1. The van der Waals surface area contributed by atoms with E-state index in [0.29, 0.717) is 6.54 Å². The largest absolute Gasteiger partial charge is 0.508 e. The van der Waals surface area contributed by atoms with E-state index in [1.165, 1.54) is 0 Å². The second kappa shape index (κ2) is 5.25. The number of phenolic OH excluding ortho intramolecular Hbond substituents is 1. The summed E-state index contributed by atoms with van der Waals surface area (Å²) in [7, 11) is 0. The molecule has 4 nitrogen and oxygen atoms in total. The third-order valence-electron chi connectivity index (χ3n) is 2.25. The zero-order valence-corrected chi connectivity index (χ0v) is 9.76. The molecule has 0 bridgehead atoms. The third-order valence-corrected chi connectivity index (χ3v) is 3.35. The zero-order chi connectivity index (χ0) is 11.4. The number of hydrogen-bond donors (Lipinski definition) is 3. The van der Waals surface area contributed by atoms with Crippen LogP contribution in [0.2, 0.25) is 0 Å². The van der Waals surface area contributed by atoms with E-state index in [-0.39, 0.29) is 5.75 Å². The van der Waals surface area contributed by atoms with Crippen LogP contribution in [-0.4, -0.2) is 29.7 Å². The Kier molecular flexibility index (Phi) is 3.71. The lowest BCUT2D eigenvalue weighted by molar-refractivity contribution is 0.476. The maximum atomic E-state index is 9.32. The Balaban J connectivity index is 2.02. The molecule has 0 saturated carbocycles. The van der Waals surface area contributed by atoms with Crippen LogP contribution in [0.25, 0.3) is 10.2 Å². The molecule has 0 atom stereocenters. The lowest BCUT2D eigenvalue weighted by Crippen LogP contribution is -2.24. The van der Waals surface area contributed by atoms with Crippen LogP contribution in [0.5, 0.6) is 5.75 Å². The molecule has 86 valence electrons. The molecule has 0 aliphatic heterocycles. The van der Waals surface area contributed by atoms with Gasteiger partial charge in [-0.3, -0.25) is 0 Å². The molecule has 0 spiro atoms. The molecule has 0 fully saturated rings. The van der Waals surface area contributed by atoms with Crippen LogP contribution in [0.4, 0.5) is 0 Å². The number of nitrogens with zero attached hydrogens (tertiary/aromatic N) is 1. The van der Waals surface area contributed by atoms with Crippen molar-refractivity contribution in [1.82, 2.24) is 10.3 Å². The minimum absolute atomic E-state index is 0.269. The van der Waals surface area contributed by atoms with E-state index in [1.54, 1.807) is 23.5 Å². The summed E-state index contributed by atoms with van der Waals surface area (Å²) in [4.78, 5) is 4.46. The lowest BCUT2D eigenvalue weighted by atomic mass is 10.3. The summed E-state index contributed by atoms with van der Waals surface area (Å²) in [5.41, 5.74) is 6.26. The minimum Gasteiger partial charge on any atom is -0.508 e. The molecule has 0 aliphatic carbocycles. The first-order valence-electron chi connectivity index (χ1n) is 5.29. The van der Waals surface area contributed by atoms with Crippen LogP contribution >= 0.6 is 11.3 Å². The molecule has 4 N–H and O–H groups in total. The van der Waals surface area contributed by atoms with E-state index in [9.17, 15) is 5.11 Å². The molecule has 0 radical (unpaired) electrons. The average molecular weight is 237 g/mol. The molecule has 2 aromatic rings. The Hall–Kier alpha value is -1.17. The summed E-state index contributed by atoms with van der Waals surface area (Å²) in [6.45, 7) is 2.39. The highest BCUT2D eigenvalue weighted by Gasteiger charge is 2.03. The molecule has 5 heteroatoms. The second-order valence-corrected chi connectivity index (χ2v) is 4.66. The highest BCUT2D eigenvalue weighted by Crippen LogP contribution is 2.25. The van der Waals surface area contributed by atoms with E-state index < -0.39 is 0 Å². The van der Waals surface area contributed by atoms with Gasteiger partial charge in [0.1, 0.15) is 5.75 Å². The van der Waals surface area contributed by atoms with Gasteiger partial charge in [-0.15, -0.1) is 11.3 Å². The first-order chi connectivity index (χ1) is 7.79. The fourth-order valence-corrected chi connectivity index (χ4v) is 2.44. The number of rotatable bonds is 5. The topological polar surface area (TPSA) is 71.2 Å². The van der Waals surface area contributed by atoms with Crippen molar-refractivity contribution in [2.24, 2.45) is 5.73 Å². The lowest BCUT2D eigenvalue weighted by Gasteiger charge is -1.98. The van der Waals surface area contributed by atoms with Crippen LogP contribution in [0.3, 0.4) is 0 Å². The number of nitrogens with one attached hydrogen (secondary N) is 1. The Morgan fingerprint density at radius 2 is 2.25 bits per heavy atom. The highest BCUT2D eigenvalue weighted by molar-refractivity contribution is 7.18. The number of phenols is 1. The number of fused-ring (bicyclic) bond motifs is 1. The van der Waals surface area contributed by atoms with E-state index in [0.717, 1.165) is 34.7 Å². The molecular weight excluding hydrogens is 222 g/mol. The van der Waals surface area contributed by atoms with Crippen molar-refractivity contribution in [1.29, 1.82) is 0 Å². The molecule has 2 rings (SSSR count). The molecule has 1 aromatic heterocycles. The first-order valence-corrected chi connectivity index (χ1v) is 6.10. The van der Waals surface area contributed by atoms with Crippen LogP contribution in [-0.2, 0) is 6.42 Å². The number of aromatic nitrogens is 1. The Labute approximate surface area is 98.1 Å². The fourth-order valence-electron chi connectivity index (χ4n) is 1.49. The SMILES string of the molecule is NCCNCCc1nc2cc(O)ccc2s1. The average Bonchev–Trinajstić information content (AvgIpc) is 2.66. The second-order valence-electron chi connectivity index (χ2n) is 3.55. The summed E-state index contributed by atoms with van der Waals surface area (Å²) in [5, 5.41) is 13.6. The van der Waals surface area contributed by atoms with Gasteiger partial charge in [0.15, 0.2) is 0 Å². The summed E-state index contributed by atoms with van der Waals surface area (Å²) in [5.74, 6) is 0.269. The van der Waals surface area contributed by atoms with Gasteiger partial charge in [-0.1, -0.05) is 0 Å². The predicted molar refractivity (Wildman–Crippen MR) is 66.9 cm³/mol. The quantitative estimate of drug-likeness (QED) is 0.681. The van der Waals surface area contributed by atoms with Gasteiger partial charge >= 0.3 is 0 Å². The van der Waals surface area contributed by atoms with Gasteiger partial charge in [-0.2, -0.15) is 0 Å². The fraction of sp³-hybridized carbons (Fsp3) is 0.364. The summed E-state index contributed by atoms with van der Waals surface area (Å²) >= 11 is 1.67. The number of thiazole rings is 1. The summed E-state index contributed by atoms with van der Waals surface area (Å²) in [6, 6.07) is 5.29. The van der Waals surface area contributed by atoms with Crippen molar-refractivity contribution in [3.05, 3.63) is 23.2 Å². The predicted octanol–water partition coefficient (Wildman–Crippen LogP) is 1.09. The van der Waals surface area contributed by atoms with Crippen LogP contribution in [0, 0.1) is 0 Å². The van der Waals surface area contributed by atoms with Crippen LogP contribution < -0.4 is 11.1 Å². The van der Waals surface area contributed by atoms with Gasteiger partial charge in [0.25, 0.3) is 0 Å². The summed E-state index contributed by atoms with van der Waals surface area (Å²) < 4.78 is 1.12. The highest BCUT2D eigenvalue weighted by atomic mass is 32.1. The smallest absolute Gasteiger partial charge is 0.117 e. The van der Waals surface area contributed by atoms with Gasteiger partial charge in [0, 0.05) is 32.1 Å². The number of nitrogens with two attached hydrogens (primary N) is 1. The minimum atomic E-state index is 0.269. The van der Waals surface area contributed by atoms with E-state index in [4.69, 9.17) is 5.73 Å². The zero-order valence-electron chi connectivity index (χ0n) is 8.94. The first kappa shape index (κ1) is 11.3. The number of benzene rings is 1. The van der Waals surface area contributed by atoms with Crippen molar-refractivity contribution in [3.8, 4) is 5.75 Å². The monoisotopic (exact) mass is 237 g/mol. The van der Waals surface area contributed by atoms with Gasteiger partial charge < -0.3 is 16.2 Å². The van der Waals surface area contributed by atoms with Gasteiger partial charge in [-0.05, 0) is 12.1 Å². The molecule has 0 saturated heterocycles. The molecule has 16 heavy (non-hydrogen) atoms. The number of aromatic hydroxyl groups is 1. The number of hydrogen-bond acceptors (Lipinski definition) is 5. The Morgan fingerprint density at radius 1 is 1.38 bits per heavy atom. The molecule has 0 aliphatic rings. The van der Waals surface area contributed by atoms with E-state index >= 15 is 0 Å². The van der Waals surface area contributed by atoms with Crippen molar-refractivity contribution in [2.45, 2.75) is 6.42 Å². The van der Waals surface area contributed by atoms with Crippen LogP contribution in [0.1, 0.15) is 5.01 Å². The van der Waals surface area contributed by atoms with E-state index in [1.807, 2.05) is 6.07 Å². The maximum Gasteiger partial charge on any atom is 0.117 e. The molecule has 1 aromatic carbocycles. The van der Waals surface area contributed by atoms with Crippen LogP contribution in [0.15, 0.2) is 18.2 Å². The molecular formula is C11H15N3OS. The Bertz CT molecular complexity index is 469. The van der Waals surface area contributed by atoms with Crippen molar-refractivity contribution in [3.63, 3.8) is 0 Å². The van der Waals surface area contributed by atoms with Crippen molar-refractivity contribution >= 4 is 21.6 Å². The van der Waals surface area contributed by atoms with E-state index in [2.05, 4.69) is 10.3 Å². The molecule has 1 heterocycles. The van der Waals surface area contributed by atoms with Crippen molar-refractivity contribution < 1.29 is 5.11 Å². The molecule has 0 amide bonds. The van der Waals surface area contributed by atoms with Crippen molar-refractivity contribution in [2.75, 3.05) is 19.6 Å². The summed E-state index contributed by atoms with van der Waals surface area (Å²) in [6.07, 6.45) is 0.903. The van der Waals surface area contributed by atoms with Gasteiger partial charge in [0.2, 0.25) is 0 Å². The van der Waals surface area contributed by atoms with Gasteiger partial charge in [-0.25, -0.2) is 4.98 Å². The molecule has 0 unspecified atom stereocenters. The standard InChI is InChI=1S/C11H15N3OS/c12-4-6-13-5-3-11-14-9-7-8(15)1-2-10(9)16-11/h1-2,7,13,15H,3-6,12H2. The third kappa shape index (κ3) is 2.69.